The van der Waals surface area contributed by atoms with Crippen LogP contribution in [-0.4, -0.2) is 39.8 Å². The van der Waals surface area contributed by atoms with E-state index >= 15 is 0 Å². The molecule has 2 aromatic carbocycles. The summed E-state index contributed by atoms with van der Waals surface area (Å²) in [6.07, 6.45) is 1.50. The van der Waals surface area contributed by atoms with Crippen LogP contribution in [0.4, 0.5) is 11.4 Å². The number of carbonyl (C=O) groups is 1. The first-order valence-corrected chi connectivity index (χ1v) is 9.08. The summed E-state index contributed by atoms with van der Waals surface area (Å²) < 4.78 is 12.0. The molecule has 0 aliphatic rings. The lowest BCUT2D eigenvalue weighted by molar-refractivity contribution is -0.387. The first kappa shape index (κ1) is 20.1. The van der Waals surface area contributed by atoms with Gasteiger partial charge in [0.2, 0.25) is 0 Å². The predicted molar refractivity (Wildman–Crippen MR) is 106 cm³/mol. The summed E-state index contributed by atoms with van der Waals surface area (Å²) in [5.41, 5.74) is 0.416. The minimum Gasteiger partial charge on any atom is -0.493 e. The molecule has 0 aliphatic heterocycles. The van der Waals surface area contributed by atoms with Gasteiger partial charge >= 0.3 is 0 Å². The van der Waals surface area contributed by atoms with Gasteiger partial charge in [0.25, 0.3) is 11.6 Å². The Labute approximate surface area is 170 Å². The van der Waals surface area contributed by atoms with Crippen LogP contribution in [0, 0.1) is 10.1 Å². The van der Waals surface area contributed by atoms with Crippen molar-refractivity contribution in [2.75, 3.05) is 19.5 Å². The average molecular weight is 415 g/mol. The average Bonchev–Trinajstić information content (AvgIpc) is 3.12. The van der Waals surface area contributed by atoms with E-state index in [1.807, 2.05) is 0 Å². The van der Waals surface area contributed by atoms with Gasteiger partial charge in [0.1, 0.15) is 6.33 Å². The highest BCUT2D eigenvalue weighted by atomic mass is 32.2. The van der Waals surface area contributed by atoms with Gasteiger partial charge in [0, 0.05) is 30.4 Å². The fraction of sp³-hybridized carbons (Fsp3) is 0.167. The van der Waals surface area contributed by atoms with Crippen LogP contribution in [0.25, 0.3) is 0 Å². The minimum absolute atomic E-state index is 0.147. The van der Waals surface area contributed by atoms with Crippen molar-refractivity contribution < 1.29 is 19.2 Å². The van der Waals surface area contributed by atoms with E-state index in [1.165, 1.54) is 38.7 Å². The third kappa shape index (κ3) is 4.46. The number of ether oxygens (including phenoxy) is 2. The number of carbonyl (C=O) groups excluding carboxylic acids is 1. The van der Waals surface area contributed by atoms with Gasteiger partial charge in [0.05, 0.1) is 24.0 Å². The van der Waals surface area contributed by atoms with E-state index in [9.17, 15) is 14.9 Å². The molecule has 1 heterocycles. The van der Waals surface area contributed by atoms with E-state index in [0.717, 1.165) is 11.8 Å². The van der Waals surface area contributed by atoms with Crippen molar-refractivity contribution in [2.24, 2.45) is 7.05 Å². The summed E-state index contributed by atoms with van der Waals surface area (Å²) in [6.45, 7) is 0. The summed E-state index contributed by atoms with van der Waals surface area (Å²) in [7, 11) is 4.73. The Kier molecular flexibility index (Phi) is 5.98. The van der Waals surface area contributed by atoms with Crippen LogP contribution in [-0.2, 0) is 7.05 Å². The van der Waals surface area contributed by atoms with Gasteiger partial charge in [-0.05, 0) is 36.0 Å². The molecule has 0 bridgehead atoms. The number of amides is 1. The quantitative estimate of drug-likeness (QED) is 0.461. The molecule has 0 atom stereocenters. The molecule has 0 spiro atoms. The number of nitro groups is 1. The number of nitro benzene ring substituents is 1. The van der Waals surface area contributed by atoms with Crippen molar-refractivity contribution in [2.45, 2.75) is 10.1 Å². The Balaban J connectivity index is 1.85. The summed E-state index contributed by atoms with van der Waals surface area (Å²) in [6, 6.07) is 9.16. The first-order valence-electron chi connectivity index (χ1n) is 8.26. The van der Waals surface area contributed by atoms with E-state index < -0.39 is 10.8 Å². The zero-order chi connectivity index (χ0) is 21.0. The third-order valence-electron chi connectivity index (χ3n) is 3.93. The number of aryl methyl sites for hydroxylation is 1. The van der Waals surface area contributed by atoms with E-state index in [2.05, 4.69) is 15.5 Å². The number of rotatable bonds is 7. The van der Waals surface area contributed by atoms with E-state index in [0.29, 0.717) is 27.2 Å². The Morgan fingerprint density at radius 1 is 1.17 bits per heavy atom. The Hall–Kier alpha value is -3.60. The fourth-order valence-electron chi connectivity index (χ4n) is 2.47. The SMILES string of the molecule is COc1ccc(NC(=O)c2ccc(Sc3nncn3C)c([N+](=O)[O-])c2)cc1OC. The molecule has 1 amide bonds. The zero-order valence-corrected chi connectivity index (χ0v) is 16.6. The summed E-state index contributed by atoms with van der Waals surface area (Å²) in [4.78, 5) is 23.9. The number of anilines is 1. The molecule has 1 aromatic heterocycles. The van der Waals surface area contributed by atoms with Crippen LogP contribution < -0.4 is 14.8 Å². The number of hydrogen-bond donors (Lipinski definition) is 1. The third-order valence-corrected chi connectivity index (χ3v) is 5.05. The van der Waals surface area contributed by atoms with Gasteiger partial charge in [-0.3, -0.25) is 14.9 Å². The summed E-state index contributed by atoms with van der Waals surface area (Å²) >= 11 is 1.09. The molecule has 10 nitrogen and oxygen atoms in total. The topological polar surface area (TPSA) is 121 Å². The fourth-order valence-corrected chi connectivity index (χ4v) is 3.32. The van der Waals surface area contributed by atoms with E-state index in [4.69, 9.17) is 9.47 Å². The largest absolute Gasteiger partial charge is 0.493 e. The molecule has 0 unspecified atom stereocenters. The monoisotopic (exact) mass is 415 g/mol. The number of methoxy groups -OCH3 is 2. The number of nitrogens with one attached hydrogen (secondary N) is 1. The zero-order valence-electron chi connectivity index (χ0n) is 15.8. The maximum Gasteiger partial charge on any atom is 0.284 e. The van der Waals surface area contributed by atoms with Gasteiger partial charge in [-0.1, -0.05) is 0 Å². The van der Waals surface area contributed by atoms with Crippen LogP contribution in [0.15, 0.2) is 52.8 Å². The van der Waals surface area contributed by atoms with Crippen LogP contribution in [0.5, 0.6) is 11.5 Å². The first-order chi connectivity index (χ1) is 13.9. The summed E-state index contributed by atoms with van der Waals surface area (Å²) in [5.74, 6) is 0.480. The Morgan fingerprint density at radius 2 is 1.93 bits per heavy atom. The molecule has 150 valence electrons. The lowest BCUT2D eigenvalue weighted by Gasteiger charge is -2.11. The standard InChI is InChI=1S/C18H17N5O5S/c1-22-10-19-21-18(22)29-16-7-4-11(8-13(16)23(25)26)17(24)20-12-5-6-14(27-2)15(9-12)28-3/h4-10H,1-3H3,(H,20,24). The van der Waals surface area contributed by atoms with Crippen LogP contribution in [0.1, 0.15) is 10.4 Å². The molecule has 3 aromatic rings. The Bertz CT molecular complexity index is 1070. The number of nitrogens with zero attached hydrogens (tertiary/aromatic N) is 4. The minimum atomic E-state index is -0.536. The second-order valence-electron chi connectivity index (χ2n) is 5.79. The van der Waals surface area contributed by atoms with Gasteiger partial charge in [-0.25, -0.2) is 0 Å². The molecule has 0 saturated carbocycles. The smallest absolute Gasteiger partial charge is 0.284 e. The molecule has 0 aliphatic carbocycles. The maximum absolute atomic E-state index is 12.6. The highest BCUT2D eigenvalue weighted by Gasteiger charge is 2.20. The van der Waals surface area contributed by atoms with Gasteiger partial charge in [-0.2, -0.15) is 0 Å². The van der Waals surface area contributed by atoms with Crippen molar-refractivity contribution >= 4 is 29.0 Å². The highest BCUT2D eigenvalue weighted by Crippen LogP contribution is 2.34. The summed E-state index contributed by atoms with van der Waals surface area (Å²) in [5, 5.41) is 22.4. The Morgan fingerprint density at radius 3 is 2.55 bits per heavy atom. The maximum atomic E-state index is 12.6. The molecule has 1 N–H and O–H groups in total. The lowest BCUT2D eigenvalue weighted by atomic mass is 10.2. The second kappa shape index (κ2) is 8.61. The van der Waals surface area contributed by atoms with Crippen molar-refractivity contribution in [3.05, 3.63) is 58.4 Å². The van der Waals surface area contributed by atoms with Gasteiger partial charge in [-0.15, -0.1) is 10.2 Å². The number of aromatic nitrogens is 3. The molecular weight excluding hydrogens is 398 g/mol. The van der Waals surface area contributed by atoms with E-state index in [1.54, 1.807) is 29.8 Å². The van der Waals surface area contributed by atoms with Crippen molar-refractivity contribution in [3.63, 3.8) is 0 Å². The highest BCUT2D eigenvalue weighted by molar-refractivity contribution is 7.99. The van der Waals surface area contributed by atoms with Crippen molar-refractivity contribution in [1.29, 1.82) is 0 Å². The van der Waals surface area contributed by atoms with Crippen molar-refractivity contribution in [1.82, 2.24) is 14.8 Å². The number of hydrogen-bond acceptors (Lipinski definition) is 8. The second-order valence-corrected chi connectivity index (χ2v) is 6.80. The van der Waals surface area contributed by atoms with Crippen molar-refractivity contribution in [3.8, 4) is 11.5 Å². The molecule has 3 rings (SSSR count). The number of benzene rings is 2. The lowest BCUT2D eigenvalue weighted by Crippen LogP contribution is -2.12. The predicted octanol–water partition coefficient (Wildman–Crippen LogP) is 3.14. The van der Waals surface area contributed by atoms with Crippen LogP contribution in [0.2, 0.25) is 0 Å². The van der Waals surface area contributed by atoms with Crippen LogP contribution >= 0.6 is 11.8 Å². The molecule has 0 fully saturated rings. The molecular formula is C18H17N5O5S. The normalized spacial score (nSPS) is 10.4. The van der Waals surface area contributed by atoms with E-state index in [-0.39, 0.29) is 11.3 Å². The van der Waals surface area contributed by atoms with Crippen LogP contribution in [0.3, 0.4) is 0 Å². The molecule has 29 heavy (non-hydrogen) atoms. The molecule has 0 radical (unpaired) electrons. The van der Waals surface area contributed by atoms with Gasteiger partial charge < -0.3 is 19.4 Å². The molecule has 0 saturated heterocycles. The van der Waals surface area contributed by atoms with Gasteiger partial charge in [0.15, 0.2) is 16.7 Å². The molecule has 11 heteroatoms.